The van der Waals surface area contributed by atoms with Crippen molar-refractivity contribution >= 4 is 35.4 Å². The lowest BCUT2D eigenvalue weighted by Crippen LogP contribution is -2.78. The molecule has 72 heavy (non-hydrogen) atoms. The van der Waals surface area contributed by atoms with Crippen molar-refractivity contribution in [2.45, 2.75) is 141 Å². The van der Waals surface area contributed by atoms with Gasteiger partial charge in [0, 0.05) is 35.0 Å². The highest BCUT2D eigenvalue weighted by Crippen LogP contribution is 2.69. The van der Waals surface area contributed by atoms with Gasteiger partial charge >= 0.3 is 11.9 Å². The quantitative estimate of drug-likeness (QED) is 0.0489. The predicted octanol–water partition coefficient (Wildman–Crippen LogP) is 5.72. The van der Waals surface area contributed by atoms with E-state index in [9.17, 15) is 35.1 Å². The van der Waals surface area contributed by atoms with Crippen LogP contribution in [0, 0.1) is 17.8 Å². The summed E-state index contributed by atoms with van der Waals surface area (Å²) < 4.78 is 39.5. The Bertz CT molecular complexity index is 2840. The van der Waals surface area contributed by atoms with Gasteiger partial charge in [0.2, 0.25) is 12.2 Å². The number of aliphatic hydroxyl groups is 5. The van der Waals surface area contributed by atoms with E-state index in [1.807, 2.05) is 66.7 Å². The van der Waals surface area contributed by atoms with Gasteiger partial charge in [0.05, 0.1) is 42.1 Å². The Morgan fingerprint density at radius 3 is 2.38 bits per heavy atom. The molecule has 4 fully saturated rings. The minimum atomic E-state index is -2.24. The second-order valence-electron chi connectivity index (χ2n) is 20.8. The average molecular weight is 993 g/mol. The van der Waals surface area contributed by atoms with Crippen LogP contribution < -0.4 is 24.3 Å². The maximum atomic E-state index is 15.3. The highest BCUT2D eigenvalue weighted by atomic mass is 16.7. The van der Waals surface area contributed by atoms with Crippen LogP contribution >= 0.6 is 0 Å². The molecule has 6 unspecified atom stereocenters. The molecule has 3 aromatic rings. The van der Waals surface area contributed by atoms with Crippen LogP contribution in [0.15, 0.2) is 77.2 Å². The summed E-state index contributed by atoms with van der Waals surface area (Å²) >= 11 is 0. The highest BCUT2D eigenvalue weighted by molar-refractivity contribution is 6.03. The fourth-order valence-electron chi connectivity index (χ4n) is 11.3. The van der Waals surface area contributed by atoms with Crippen LogP contribution in [0.3, 0.4) is 0 Å². The summed E-state index contributed by atoms with van der Waals surface area (Å²) in [4.78, 5) is 47.5. The number of aromatic nitrogens is 3. The Balaban J connectivity index is 1.25. The first-order valence-electron chi connectivity index (χ1n) is 24.5. The lowest BCUT2D eigenvalue weighted by Gasteiger charge is -2.65. The van der Waals surface area contributed by atoms with Gasteiger partial charge in [-0.3, -0.25) is 4.79 Å². The number of methoxy groups -OCH3 is 1. The zero-order valence-corrected chi connectivity index (χ0v) is 42.0. The van der Waals surface area contributed by atoms with Crippen LogP contribution in [0.1, 0.15) is 114 Å². The number of carbonyl (C=O) groups excluding carboxylic acids is 3. The lowest BCUT2D eigenvalue weighted by atomic mass is 9.46. The molecule has 18 nitrogen and oxygen atoms in total. The van der Waals surface area contributed by atoms with Crippen LogP contribution in [0.2, 0.25) is 0 Å². The molecule has 1 aromatic heterocycles. The van der Waals surface area contributed by atoms with Crippen LogP contribution in [-0.4, -0.2) is 119 Å². The number of aliphatic hydroxyl groups excluding tert-OH is 4. The molecule has 0 amide bonds. The zero-order valence-electron chi connectivity index (χ0n) is 42.0. The average Bonchev–Trinajstić information content (AvgIpc) is 3.83. The third-order valence-corrected chi connectivity index (χ3v) is 15.1. The molecule has 11 atom stereocenters. The molecule has 384 valence electrons. The molecule has 1 spiro atoms. The molecular formula is C54H64N4O14. The molecule has 2 bridgehead atoms. The molecule has 5 heterocycles. The molecule has 0 radical (unpaired) electrons. The largest absolute Gasteiger partial charge is 0.482 e. The number of ketones is 1. The van der Waals surface area contributed by atoms with Gasteiger partial charge in [-0.05, 0) is 110 Å². The van der Waals surface area contributed by atoms with Crippen molar-refractivity contribution in [3.8, 4) is 23.0 Å². The van der Waals surface area contributed by atoms with Crippen LogP contribution in [-0.2, 0) is 25.5 Å². The maximum absolute atomic E-state index is 15.3. The first kappa shape index (κ1) is 50.8. The van der Waals surface area contributed by atoms with E-state index >= 15 is 4.79 Å². The summed E-state index contributed by atoms with van der Waals surface area (Å²) in [6.45, 7) is 15.0. The van der Waals surface area contributed by atoms with Crippen molar-refractivity contribution in [3.63, 3.8) is 0 Å². The molecule has 3 aliphatic carbocycles. The molecular weight excluding hydrogens is 929 g/mol. The lowest BCUT2D eigenvalue weighted by molar-refractivity contribution is -0.277. The number of esters is 2. The highest BCUT2D eigenvalue weighted by Gasteiger charge is 2.77. The minimum Gasteiger partial charge on any atom is -0.482 e. The molecule has 1 saturated heterocycles. The summed E-state index contributed by atoms with van der Waals surface area (Å²) in [5.74, 6) is -2.17. The summed E-state index contributed by atoms with van der Waals surface area (Å²) in [5.41, 5.74) is -0.0933. The number of nitrogens with zero attached hydrogens (tertiary/aromatic N) is 3. The molecule has 7 aliphatic rings. The molecule has 4 aliphatic heterocycles. The van der Waals surface area contributed by atoms with E-state index in [-0.39, 0.29) is 47.1 Å². The second kappa shape index (κ2) is 19.0. The number of ether oxygens (including phenoxy) is 6. The van der Waals surface area contributed by atoms with Gasteiger partial charge in [-0.15, -0.1) is 0 Å². The van der Waals surface area contributed by atoms with Gasteiger partial charge < -0.3 is 59.3 Å². The summed E-state index contributed by atoms with van der Waals surface area (Å²) in [5, 5.41) is 62.6. The molecule has 18 heteroatoms. The fourth-order valence-corrected chi connectivity index (χ4v) is 11.3. The van der Waals surface area contributed by atoms with Gasteiger partial charge in [-0.1, -0.05) is 43.2 Å². The summed E-state index contributed by atoms with van der Waals surface area (Å²) in [6.07, 6.45) is 5.03. The number of carbonyl (C=O) groups is 3. The first-order valence-corrected chi connectivity index (χ1v) is 24.5. The summed E-state index contributed by atoms with van der Waals surface area (Å²) in [6, 6.07) is 5.02. The zero-order chi connectivity index (χ0) is 51.8. The smallest absolute Gasteiger partial charge is 0.343 e. The number of hydrogen-bond donors (Lipinski definition) is 6. The minimum absolute atomic E-state index is 0.0746. The Morgan fingerprint density at radius 2 is 1.71 bits per heavy atom. The van der Waals surface area contributed by atoms with Crippen molar-refractivity contribution in [1.82, 2.24) is 14.8 Å². The van der Waals surface area contributed by atoms with E-state index in [4.69, 9.17) is 28.4 Å². The van der Waals surface area contributed by atoms with E-state index in [2.05, 4.69) is 21.5 Å². The third-order valence-electron chi connectivity index (χ3n) is 15.1. The first-order chi connectivity index (χ1) is 34.2. The maximum Gasteiger partial charge on any atom is 0.343 e. The number of hydrogen-bond acceptors (Lipinski definition) is 17. The van der Waals surface area contributed by atoms with Gasteiger partial charge in [-0.2, -0.15) is 10.1 Å². The van der Waals surface area contributed by atoms with E-state index in [0.717, 1.165) is 11.1 Å². The molecule has 3 saturated carbocycles. The Hall–Kier alpha value is -6.15. The van der Waals surface area contributed by atoms with Gasteiger partial charge in [0.15, 0.2) is 22.7 Å². The van der Waals surface area contributed by atoms with E-state index in [0.29, 0.717) is 58.9 Å². The number of benzene rings is 2. The normalized spacial score (nSPS) is 30.7. The summed E-state index contributed by atoms with van der Waals surface area (Å²) in [7, 11) is 1.27. The van der Waals surface area contributed by atoms with Gasteiger partial charge in [0.25, 0.3) is 0 Å². The fraction of sp³-hybridized carbons (Fsp3) is 0.500. The van der Waals surface area contributed by atoms with Gasteiger partial charge in [-0.25, -0.2) is 14.3 Å². The molecule has 10 rings (SSSR count). The topological polar surface area (TPSA) is 250 Å². The number of anilines is 1. The van der Waals surface area contributed by atoms with Crippen LogP contribution in [0.25, 0.3) is 11.8 Å². The predicted molar refractivity (Wildman–Crippen MR) is 262 cm³/mol. The second-order valence-corrected chi connectivity index (χ2v) is 20.8. The number of nitrogens with one attached hydrogen (secondary N) is 1. The number of fused-ring (bicyclic) bond motifs is 6. The van der Waals surface area contributed by atoms with Crippen molar-refractivity contribution in [3.05, 3.63) is 99.4 Å². The number of Topliss-reactive ketones (excluding diaryl/α,β-unsaturated/α-hetero) is 1. The van der Waals surface area contributed by atoms with Gasteiger partial charge in [0.1, 0.15) is 53.6 Å². The number of allylic oxidation sites excluding steroid dienone is 4. The van der Waals surface area contributed by atoms with Crippen molar-refractivity contribution in [2.75, 3.05) is 19.0 Å². The number of rotatable bonds is 14. The Labute approximate surface area is 417 Å². The SMILES string of the molecule is COC(=O)/C(C)=C\CC1(O)C(=O)C2CC(C(C)C)C13Oc1c(CC=C(C)C)c4c(c(OC(=O)c5ccc(O[C@H]6O[C@@H](CO)[C@H](O)[C@@H](O)[C@@H]6O)cc5)c1C1=C3C2n2ncnc2N1)C=CC(C)(CCC=C(C)C)O4. The monoisotopic (exact) mass is 992 g/mol. The van der Waals surface area contributed by atoms with Crippen molar-refractivity contribution in [2.24, 2.45) is 17.8 Å². The van der Waals surface area contributed by atoms with Crippen molar-refractivity contribution in [1.29, 1.82) is 0 Å². The Kier molecular flexibility index (Phi) is 13.4. The van der Waals surface area contributed by atoms with Crippen LogP contribution in [0.5, 0.6) is 23.0 Å². The Morgan fingerprint density at radius 1 is 0.986 bits per heavy atom. The molecule has 2 aromatic carbocycles. The van der Waals surface area contributed by atoms with Crippen molar-refractivity contribution < 1.29 is 68.3 Å². The molecule has 6 N–H and O–H groups in total. The van der Waals surface area contributed by atoms with Crippen LogP contribution in [0.4, 0.5) is 5.95 Å². The third kappa shape index (κ3) is 8.25. The van der Waals surface area contributed by atoms with E-state index < -0.39 is 89.7 Å². The van der Waals surface area contributed by atoms with E-state index in [1.54, 1.807) is 11.6 Å². The standard InChI is InChI=1S/C54H64N4O14/c1-26(2)11-10-20-52(8)21-19-33-44(71-52)32(17-12-27(3)4)46-37(45(33)70-49(65)30-13-15-31(16-14-30)68-50-43(62)42(61)41(60)36(24-59)69-50)39-38-40(58-51(57-39)55-25-56-58)34-23-35(28(5)6)54(38,72-46)53(66,47(34)63)22-18-29(7)48(64)67-9/h11-16,18-19,21,25,28,34-36,40-43,50,59-62,66H,10,17,20,22-24H2,1-9H3,(H,55,56,57)/b29-18-/t34?,35?,36-,40?,41-,42+,43-,50-,52?,53?,54?/m0/s1. The van der Waals surface area contributed by atoms with E-state index in [1.165, 1.54) is 43.8 Å².